The maximum atomic E-state index is 5.64. The molecule has 0 aliphatic heterocycles. The number of nitrogens with two attached hydrogens (primary N) is 1. The van der Waals surface area contributed by atoms with Gasteiger partial charge in [-0.2, -0.15) is 0 Å². The van der Waals surface area contributed by atoms with Crippen molar-refractivity contribution >= 4 is 0 Å². The molecule has 2 nitrogen and oxygen atoms in total. The summed E-state index contributed by atoms with van der Waals surface area (Å²) in [4.78, 5) is 2.38. The van der Waals surface area contributed by atoms with Gasteiger partial charge in [-0.3, -0.25) is 0 Å². The normalized spacial score (nSPS) is 12.2. The first kappa shape index (κ1) is 14.2. The van der Waals surface area contributed by atoms with Crippen LogP contribution < -0.4 is 5.73 Å². The molecule has 1 aromatic carbocycles. The van der Waals surface area contributed by atoms with Gasteiger partial charge in [-0.05, 0) is 36.1 Å². The van der Waals surface area contributed by atoms with E-state index in [9.17, 15) is 0 Å². The topological polar surface area (TPSA) is 29.3 Å². The summed E-state index contributed by atoms with van der Waals surface area (Å²) in [5, 5.41) is 0. The second-order valence-electron chi connectivity index (χ2n) is 6.20. The summed E-state index contributed by atoms with van der Waals surface area (Å²) in [6, 6.07) is 6.53. The first-order chi connectivity index (χ1) is 7.81. The molecule has 96 valence electrons. The zero-order chi connectivity index (χ0) is 13.1. The van der Waals surface area contributed by atoms with Crippen LogP contribution in [0.25, 0.3) is 0 Å². The molecule has 0 aliphatic carbocycles. The minimum Gasteiger partial charge on any atom is -0.326 e. The summed E-state index contributed by atoms with van der Waals surface area (Å²) in [7, 11) is 2.18. The van der Waals surface area contributed by atoms with Gasteiger partial charge >= 0.3 is 0 Å². The van der Waals surface area contributed by atoms with E-state index in [1.54, 1.807) is 0 Å². The van der Waals surface area contributed by atoms with Gasteiger partial charge in [0.15, 0.2) is 0 Å². The average molecular weight is 234 g/mol. The lowest BCUT2D eigenvalue weighted by Crippen LogP contribution is -2.29. The summed E-state index contributed by atoms with van der Waals surface area (Å²) in [5.41, 5.74) is 9.94. The molecule has 0 aliphatic rings. The minimum absolute atomic E-state index is 0.347. The van der Waals surface area contributed by atoms with Gasteiger partial charge in [0.05, 0.1) is 0 Å². The molecule has 0 bridgehead atoms. The van der Waals surface area contributed by atoms with Crippen LogP contribution in [-0.4, -0.2) is 18.5 Å². The first-order valence-electron chi connectivity index (χ1n) is 6.29. The van der Waals surface area contributed by atoms with E-state index in [0.29, 0.717) is 12.0 Å². The molecule has 0 atom stereocenters. The van der Waals surface area contributed by atoms with Crippen LogP contribution in [0.5, 0.6) is 0 Å². The van der Waals surface area contributed by atoms with Crippen LogP contribution in [0.4, 0.5) is 0 Å². The molecule has 2 heteroatoms. The number of aryl methyl sites for hydroxylation is 1. The molecule has 1 aromatic rings. The van der Waals surface area contributed by atoms with Crippen LogP contribution in [-0.2, 0) is 13.1 Å². The third-order valence-electron chi connectivity index (χ3n) is 2.83. The molecule has 0 saturated carbocycles. The van der Waals surface area contributed by atoms with Crippen LogP contribution in [0.15, 0.2) is 18.2 Å². The van der Waals surface area contributed by atoms with Crippen molar-refractivity contribution in [3.8, 4) is 0 Å². The van der Waals surface area contributed by atoms with Crippen LogP contribution in [0, 0.1) is 12.3 Å². The molecule has 0 heterocycles. The molecule has 0 amide bonds. The van der Waals surface area contributed by atoms with Crippen LogP contribution in [0.1, 0.15) is 37.5 Å². The smallest absolute Gasteiger partial charge is 0.0233 e. The van der Waals surface area contributed by atoms with Gasteiger partial charge in [0.2, 0.25) is 0 Å². The highest BCUT2D eigenvalue weighted by molar-refractivity contribution is 5.30. The predicted molar refractivity (Wildman–Crippen MR) is 74.9 cm³/mol. The molecular weight excluding hydrogens is 208 g/mol. The first-order valence-corrected chi connectivity index (χ1v) is 6.29. The highest BCUT2D eigenvalue weighted by Gasteiger charge is 2.14. The largest absolute Gasteiger partial charge is 0.326 e. The Bertz CT molecular complexity index is 364. The summed E-state index contributed by atoms with van der Waals surface area (Å²) < 4.78 is 0. The maximum Gasteiger partial charge on any atom is 0.0233 e. The van der Waals surface area contributed by atoms with Crippen molar-refractivity contribution < 1.29 is 0 Å². The highest BCUT2D eigenvalue weighted by atomic mass is 15.1. The van der Waals surface area contributed by atoms with Gasteiger partial charge in [0.25, 0.3) is 0 Å². The van der Waals surface area contributed by atoms with Crippen molar-refractivity contribution in [1.82, 2.24) is 4.90 Å². The molecule has 17 heavy (non-hydrogen) atoms. The number of rotatable bonds is 4. The van der Waals surface area contributed by atoms with Crippen LogP contribution >= 0.6 is 0 Å². The Labute approximate surface area is 106 Å². The minimum atomic E-state index is 0.347. The van der Waals surface area contributed by atoms with Crippen LogP contribution in [0.2, 0.25) is 0 Å². The van der Waals surface area contributed by atoms with E-state index >= 15 is 0 Å². The fourth-order valence-electron chi connectivity index (χ4n) is 2.22. The SMILES string of the molecule is Cc1cc(CN)ccc1CN(C)CC(C)(C)C. The molecule has 2 N–H and O–H groups in total. The van der Waals surface area contributed by atoms with E-state index < -0.39 is 0 Å². The van der Waals surface area contributed by atoms with Crippen molar-refractivity contribution in [2.45, 2.75) is 40.8 Å². The van der Waals surface area contributed by atoms with Crippen molar-refractivity contribution in [3.05, 3.63) is 34.9 Å². The van der Waals surface area contributed by atoms with Gasteiger partial charge in [-0.25, -0.2) is 0 Å². The van der Waals surface area contributed by atoms with Gasteiger partial charge in [-0.1, -0.05) is 39.0 Å². The zero-order valence-electron chi connectivity index (χ0n) is 11.9. The summed E-state index contributed by atoms with van der Waals surface area (Å²) in [5.74, 6) is 0. The Morgan fingerprint density at radius 1 is 1.24 bits per heavy atom. The fourth-order valence-corrected chi connectivity index (χ4v) is 2.22. The highest BCUT2D eigenvalue weighted by Crippen LogP contribution is 2.18. The Balaban J connectivity index is 2.68. The number of nitrogens with zero attached hydrogens (tertiary/aromatic N) is 1. The molecule has 0 aromatic heterocycles. The number of benzene rings is 1. The van der Waals surface area contributed by atoms with Crippen LogP contribution in [0.3, 0.4) is 0 Å². The zero-order valence-corrected chi connectivity index (χ0v) is 11.9. The van der Waals surface area contributed by atoms with Gasteiger partial charge in [0, 0.05) is 19.6 Å². The predicted octanol–water partition coefficient (Wildman–Crippen LogP) is 2.93. The molecular formula is C15H26N2. The van der Waals surface area contributed by atoms with Crippen molar-refractivity contribution in [3.63, 3.8) is 0 Å². The van der Waals surface area contributed by atoms with E-state index in [2.05, 4.69) is 57.8 Å². The molecule has 0 radical (unpaired) electrons. The molecule has 0 fully saturated rings. The Morgan fingerprint density at radius 2 is 1.88 bits per heavy atom. The lowest BCUT2D eigenvalue weighted by molar-refractivity contribution is 0.220. The molecule has 0 unspecified atom stereocenters. The van der Waals surface area contributed by atoms with Gasteiger partial charge < -0.3 is 10.6 Å². The van der Waals surface area contributed by atoms with Crippen molar-refractivity contribution in [2.75, 3.05) is 13.6 Å². The lowest BCUT2D eigenvalue weighted by Gasteiger charge is -2.27. The van der Waals surface area contributed by atoms with E-state index in [1.165, 1.54) is 16.7 Å². The Morgan fingerprint density at radius 3 is 2.35 bits per heavy atom. The number of hydrogen-bond donors (Lipinski definition) is 1. The van der Waals surface area contributed by atoms with E-state index in [4.69, 9.17) is 5.73 Å². The second kappa shape index (κ2) is 5.65. The van der Waals surface area contributed by atoms with Gasteiger partial charge in [-0.15, -0.1) is 0 Å². The number of hydrogen-bond acceptors (Lipinski definition) is 2. The van der Waals surface area contributed by atoms with E-state index in [-0.39, 0.29) is 0 Å². The second-order valence-corrected chi connectivity index (χ2v) is 6.20. The third kappa shape index (κ3) is 4.88. The van der Waals surface area contributed by atoms with Gasteiger partial charge in [0.1, 0.15) is 0 Å². The molecule has 0 saturated heterocycles. The molecule has 1 rings (SSSR count). The van der Waals surface area contributed by atoms with Crippen molar-refractivity contribution in [2.24, 2.45) is 11.1 Å². The Kier molecular flexibility index (Phi) is 4.72. The third-order valence-corrected chi connectivity index (χ3v) is 2.83. The maximum absolute atomic E-state index is 5.64. The average Bonchev–Trinajstić information content (AvgIpc) is 2.18. The fraction of sp³-hybridized carbons (Fsp3) is 0.600. The summed E-state index contributed by atoms with van der Waals surface area (Å²) in [6.45, 7) is 11.7. The lowest BCUT2D eigenvalue weighted by atomic mass is 9.96. The Hall–Kier alpha value is -0.860. The van der Waals surface area contributed by atoms with E-state index in [1.807, 2.05) is 0 Å². The standard InChI is InChI=1S/C15H26N2/c1-12-8-13(9-16)6-7-14(12)10-17(5)11-15(2,3)4/h6-8H,9-11,16H2,1-5H3. The summed E-state index contributed by atoms with van der Waals surface area (Å²) in [6.07, 6.45) is 0. The molecule has 0 spiro atoms. The summed E-state index contributed by atoms with van der Waals surface area (Å²) >= 11 is 0. The monoisotopic (exact) mass is 234 g/mol. The van der Waals surface area contributed by atoms with E-state index in [0.717, 1.165) is 13.1 Å². The quantitative estimate of drug-likeness (QED) is 0.868. The van der Waals surface area contributed by atoms with Crippen molar-refractivity contribution in [1.29, 1.82) is 0 Å².